The number of carbonyl (C=O) groups is 1. The van der Waals surface area contributed by atoms with E-state index >= 15 is 0 Å². The topological polar surface area (TPSA) is 26.3 Å². The molecule has 16 heavy (non-hydrogen) atoms. The molecule has 0 saturated carbocycles. The van der Waals surface area contributed by atoms with Crippen molar-refractivity contribution in [1.82, 2.24) is 0 Å². The number of esters is 1. The van der Waals surface area contributed by atoms with Crippen LogP contribution >= 0.6 is 0 Å². The molecule has 88 valence electrons. The Morgan fingerprint density at radius 2 is 1.75 bits per heavy atom. The van der Waals surface area contributed by atoms with Crippen molar-refractivity contribution in [1.29, 1.82) is 0 Å². The monoisotopic (exact) mass is 220 g/mol. The smallest absolute Gasteiger partial charge is 0.338 e. The van der Waals surface area contributed by atoms with E-state index in [2.05, 4.69) is 13.8 Å². The molecule has 2 heteroatoms. The molecular weight excluding hydrogens is 200 g/mol. The Kier molecular flexibility index (Phi) is 5.03. The Labute approximate surface area is 97.6 Å². The Morgan fingerprint density at radius 3 is 2.25 bits per heavy atom. The Bertz CT molecular complexity index is 323. The minimum Gasteiger partial charge on any atom is -0.462 e. The van der Waals surface area contributed by atoms with E-state index < -0.39 is 0 Å². The molecule has 0 aliphatic heterocycles. The number of hydrogen-bond donors (Lipinski definition) is 0. The summed E-state index contributed by atoms with van der Waals surface area (Å²) in [6.07, 6.45) is 2.11. The van der Waals surface area contributed by atoms with Crippen molar-refractivity contribution < 1.29 is 9.53 Å². The maximum absolute atomic E-state index is 11.7. The zero-order valence-electron chi connectivity index (χ0n) is 10.3. The standard InChI is InChI=1S/C14H20O2/c1-4-12(5-2)10-16-14(15)13-8-6-11(3)7-9-13/h6-9,12H,4-5,10H2,1-3H3. The molecule has 0 aromatic heterocycles. The van der Waals surface area contributed by atoms with Crippen molar-refractivity contribution in [2.45, 2.75) is 33.6 Å². The normalized spacial score (nSPS) is 10.5. The van der Waals surface area contributed by atoms with Crippen LogP contribution < -0.4 is 0 Å². The Balaban J connectivity index is 2.49. The molecule has 0 unspecified atom stereocenters. The summed E-state index contributed by atoms with van der Waals surface area (Å²) in [6, 6.07) is 7.47. The van der Waals surface area contributed by atoms with Crippen molar-refractivity contribution in [3.63, 3.8) is 0 Å². The second kappa shape index (κ2) is 6.31. The number of carbonyl (C=O) groups excluding carboxylic acids is 1. The van der Waals surface area contributed by atoms with Crippen LogP contribution in [0.1, 0.15) is 42.6 Å². The second-order valence-corrected chi connectivity index (χ2v) is 4.15. The van der Waals surface area contributed by atoms with Crippen LogP contribution in [0.4, 0.5) is 0 Å². The zero-order valence-corrected chi connectivity index (χ0v) is 10.3. The van der Waals surface area contributed by atoms with Crippen LogP contribution in [0.15, 0.2) is 24.3 Å². The summed E-state index contributed by atoms with van der Waals surface area (Å²) in [5.74, 6) is 0.265. The van der Waals surface area contributed by atoms with E-state index in [4.69, 9.17) is 4.74 Å². The first-order chi connectivity index (χ1) is 7.67. The summed E-state index contributed by atoms with van der Waals surface area (Å²) in [5, 5.41) is 0. The molecule has 0 spiro atoms. The van der Waals surface area contributed by atoms with Crippen LogP contribution in [0.25, 0.3) is 0 Å². The zero-order chi connectivity index (χ0) is 12.0. The lowest BCUT2D eigenvalue weighted by atomic mass is 10.1. The van der Waals surface area contributed by atoms with E-state index in [9.17, 15) is 4.79 Å². The quantitative estimate of drug-likeness (QED) is 0.709. The van der Waals surface area contributed by atoms with Crippen LogP contribution in [0.3, 0.4) is 0 Å². The van der Waals surface area contributed by atoms with E-state index in [1.807, 2.05) is 31.2 Å². The van der Waals surface area contributed by atoms with Gasteiger partial charge in [-0.25, -0.2) is 4.79 Å². The largest absolute Gasteiger partial charge is 0.462 e. The van der Waals surface area contributed by atoms with Gasteiger partial charge in [0.15, 0.2) is 0 Å². The summed E-state index contributed by atoms with van der Waals surface area (Å²) in [4.78, 5) is 11.7. The third kappa shape index (κ3) is 3.69. The van der Waals surface area contributed by atoms with Gasteiger partial charge in [-0.1, -0.05) is 44.4 Å². The third-order valence-electron chi connectivity index (χ3n) is 2.89. The fourth-order valence-corrected chi connectivity index (χ4v) is 1.49. The fraction of sp³-hybridized carbons (Fsp3) is 0.500. The molecule has 1 rings (SSSR count). The van der Waals surface area contributed by atoms with Crippen LogP contribution in [0.2, 0.25) is 0 Å². The molecule has 0 N–H and O–H groups in total. The number of ether oxygens (including phenoxy) is 1. The molecule has 0 saturated heterocycles. The molecule has 1 aromatic carbocycles. The van der Waals surface area contributed by atoms with E-state index in [1.54, 1.807) is 0 Å². The second-order valence-electron chi connectivity index (χ2n) is 4.15. The SMILES string of the molecule is CCC(CC)COC(=O)c1ccc(C)cc1. The molecule has 1 aromatic rings. The van der Waals surface area contributed by atoms with E-state index in [0.717, 1.165) is 18.4 Å². The highest BCUT2D eigenvalue weighted by molar-refractivity contribution is 5.89. The third-order valence-corrected chi connectivity index (χ3v) is 2.89. The lowest BCUT2D eigenvalue weighted by Gasteiger charge is -2.12. The minimum atomic E-state index is -0.216. The van der Waals surface area contributed by atoms with Gasteiger partial charge in [0, 0.05) is 0 Å². The van der Waals surface area contributed by atoms with Crippen molar-refractivity contribution in [2.75, 3.05) is 6.61 Å². The Hall–Kier alpha value is -1.31. The van der Waals surface area contributed by atoms with Gasteiger partial charge in [0.2, 0.25) is 0 Å². The maximum atomic E-state index is 11.7. The van der Waals surface area contributed by atoms with Crippen molar-refractivity contribution in [3.8, 4) is 0 Å². The highest BCUT2D eigenvalue weighted by atomic mass is 16.5. The van der Waals surface area contributed by atoms with E-state index in [-0.39, 0.29) is 5.97 Å². The summed E-state index contributed by atoms with van der Waals surface area (Å²) in [7, 11) is 0. The predicted octanol–water partition coefficient (Wildman–Crippen LogP) is 3.59. The summed E-state index contributed by atoms with van der Waals surface area (Å²) in [5.41, 5.74) is 1.79. The van der Waals surface area contributed by atoms with Gasteiger partial charge in [-0.3, -0.25) is 0 Å². The summed E-state index contributed by atoms with van der Waals surface area (Å²) in [6.45, 7) is 6.76. The number of hydrogen-bond acceptors (Lipinski definition) is 2. The molecule has 2 nitrogen and oxygen atoms in total. The molecule has 0 bridgehead atoms. The van der Waals surface area contributed by atoms with Gasteiger partial charge < -0.3 is 4.74 Å². The Morgan fingerprint density at radius 1 is 1.19 bits per heavy atom. The van der Waals surface area contributed by atoms with Crippen LogP contribution in [-0.4, -0.2) is 12.6 Å². The first-order valence-corrected chi connectivity index (χ1v) is 5.91. The van der Waals surface area contributed by atoms with E-state index in [0.29, 0.717) is 18.1 Å². The van der Waals surface area contributed by atoms with Crippen molar-refractivity contribution in [2.24, 2.45) is 5.92 Å². The molecular formula is C14H20O2. The molecule has 0 amide bonds. The summed E-state index contributed by atoms with van der Waals surface area (Å²) >= 11 is 0. The maximum Gasteiger partial charge on any atom is 0.338 e. The fourth-order valence-electron chi connectivity index (χ4n) is 1.49. The average Bonchev–Trinajstić information content (AvgIpc) is 2.31. The van der Waals surface area contributed by atoms with Crippen molar-refractivity contribution in [3.05, 3.63) is 35.4 Å². The number of benzene rings is 1. The van der Waals surface area contributed by atoms with Gasteiger partial charge in [0.25, 0.3) is 0 Å². The van der Waals surface area contributed by atoms with Gasteiger partial charge >= 0.3 is 5.97 Å². The first-order valence-electron chi connectivity index (χ1n) is 5.91. The highest BCUT2D eigenvalue weighted by Crippen LogP contribution is 2.10. The van der Waals surface area contributed by atoms with Crippen LogP contribution in [-0.2, 0) is 4.74 Å². The molecule has 0 aliphatic carbocycles. The van der Waals surface area contributed by atoms with E-state index in [1.165, 1.54) is 0 Å². The highest BCUT2D eigenvalue weighted by Gasteiger charge is 2.10. The first kappa shape index (κ1) is 12.8. The van der Waals surface area contributed by atoms with Gasteiger partial charge in [0.1, 0.15) is 0 Å². The van der Waals surface area contributed by atoms with Crippen LogP contribution in [0, 0.1) is 12.8 Å². The number of rotatable bonds is 5. The minimum absolute atomic E-state index is 0.216. The average molecular weight is 220 g/mol. The summed E-state index contributed by atoms with van der Waals surface area (Å²) < 4.78 is 5.27. The lowest BCUT2D eigenvalue weighted by Crippen LogP contribution is -2.13. The molecule has 0 heterocycles. The van der Waals surface area contributed by atoms with Gasteiger partial charge in [-0.15, -0.1) is 0 Å². The molecule has 0 atom stereocenters. The van der Waals surface area contributed by atoms with Crippen LogP contribution in [0.5, 0.6) is 0 Å². The molecule has 0 radical (unpaired) electrons. The number of aryl methyl sites for hydroxylation is 1. The predicted molar refractivity (Wildman–Crippen MR) is 65.5 cm³/mol. The van der Waals surface area contributed by atoms with Gasteiger partial charge in [-0.05, 0) is 25.0 Å². The lowest BCUT2D eigenvalue weighted by molar-refractivity contribution is 0.0433. The van der Waals surface area contributed by atoms with Gasteiger partial charge in [-0.2, -0.15) is 0 Å². The van der Waals surface area contributed by atoms with Gasteiger partial charge in [0.05, 0.1) is 12.2 Å². The van der Waals surface area contributed by atoms with Crippen molar-refractivity contribution >= 4 is 5.97 Å². The molecule has 0 aliphatic rings. The molecule has 0 fully saturated rings.